The van der Waals surface area contributed by atoms with Gasteiger partial charge in [0.15, 0.2) is 0 Å². The van der Waals surface area contributed by atoms with Gasteiger partial charge in [-0.2, -0.15) is 5.26 Å². The molecule has 136 valence electrons. The van der Waals surface area contributed by atoms with Crippen molar-refractivity contribution < 1.29 is 4.74 Å². The number of hydrogen-bond acceptors (Lipinski definition) is 4. The minimum absolute atomic E-state index is 0.0418. The zero-order valence-corrected chi connectivity index (χ0v) is 17.1. The molecular formula is C21H16Cl2N2OS. The number of rotatable bonds is 5. The van der Waals surface area contributed by atoms with Crippen molar-refractivity contribution in [3.63, 3.8) is 0 Å². The molecule has 3 nitrogen and oxygen atoms in total. The van der Waals surface area contributed by atoms with E-state index in [-0.39, 0.29) is 6.10 Å². The summed E-state index contributed by atoms with van der Waals surface area (Å²) in [5.74, 6) is 0.626. The summed E-state index contributed by atoms with van der Waals surface area (Å²) < 4.78 is 5.64. The minimum atomic E-state index is 0.0418. The summed E-state index contributed by atoms with van der Waals surface area (Å²) in [6, 6.07) is 15.1. The van der Waals surface area contributed by atoms with Gasteiger partial charge in [0.05, 0.1) is 22.4 Å². The zero-order chi connectivity index (χ0) is 19.4. The highest BCUT2D eigenvalue weighted by atomic mass is 35.5. The Morgan fingerprint density at radius 1 is 1.19 bits per heavy atom. The molecule has 0 amide bonds. The van der Waals surface area contributed by atoms with Crippen LogP contribution in [0.25, 0.3) is 22.9 Å². The molecular weight excluding hydrogens is 399 g/mol. The van der Waals surface area contributed by atoms with Crippen LogP contribution in [0.5, 0.6) is 5.75 Å². The molecule has 2 aromatic carbocycles. The Hall–Kier alpha value is -2.32. The predicted molar refractivity (Wildman–Crippen MR) is 113 cm³/mol. The summed E-state index contributed by atoms with van der Waals surface area (Å²) in [7, 11) is 0. The van der Waals surface area contributed by atoms with Crippen molar-refractivity contribution in [2.45, 2.75) is 20.0 Å². The third kappa shape index (κ3) is 4.90. The van der Waals surface area contributed by atoms with E-state index in [2.05, 4.69) is 11.1 Å². The Labute approximate surface area is 172 Å². The number of hydrogen-bond donors (Lipinski definition) is 0. The van der Waals surface area contributed by atoms with Crippen LogP contribution in [0.1, 0.15) is 24.4 Å². The van der Waals surface area contributed by atoms with Crippen LogP contribution in [0.15, 0.2) is 47.8 Å². The fraction of sp³-hybridized carbons (Fsp3) is 0.143. The van der Waals surface area contributed by atoms with Crippen molar-refractivity contribution in [2.24, 2.45) is 0 Å². The lowest BCUT2D eigenvalue weighted by molar-refractivity contribution is 0.242. The molecule has 0 saturated heterocycles. The Morgan fingerprint density at radius 3 is 2.56 bits per heavy atom. The van der Waals surface area contributed by atoms with Crippen LogP contribution >= 0.6 is 34.5 Å². The van der Waals surface area contributed by atoms with Crippen molar-refractivity contribution in [3.8, 4) is 23.1 Å². The first-order chi connectivity index (χ1) is 13.0. The highest BCUT2D eigenvalue weighted by Gasteiger charge is 2.10. The summed E-state index contributed by atoms with van der Waals surface area (Å²) in [4.78, 5) is 4.58. The second-order valence-corrected chi connectivity index (χ2v) is 7.77. The number of halogens is 2. The maximum atomic E-state index is 9.57. The second kappa shape index (κ2) is 8.58. The molecule has 0 radical (unpaired) electrons. The smallest absolute Gasteiger partial charge is 0.138 e. The van der Waals surface area contributed by atoms with E-state index in [4.69, 9.17) is 27.9 Å². The van der Waals surface area contributed by atoms with Gasteiger partial charge in [0.25, 0.3) is 0 Å². The van der Waals surface area contributed by atoms with Crippen LogP contribution in [0.4, 0.5) is 0 Å². The Balaban J connectivity index is 1.88. The number of aromatic nitrogens is 1. The molecule has 0 N–H and O–H groups in total. The van der Waals surface area contributed by atoms with Crippen molar-refractivity contribution in [1.29, 1.82) is 5.26 Å². The molecule has 1 aromatic heterocycles. The number of thiazole rings is 1. The second-order valence-electron chi connectivity index (χ2n) is 6.07. The molecule has 0 spiro atoms. The standard InChI is InChI=1S/C21H16Cl2N2OS/c1-13(2)26-20-8-3-14(10-18(20)23)9-16(11-24)21-25-19(12-27-21)15-4-6-17(22)7-5-15/h3-10,12-13H,1-2H3/b16-9-. The van der Waals surface area contributed by atoms with E-state index in [1.54, 1.807) is 12.1 Å². The summed E-state index contributed by atoms with van der Waals surface area (Å²) in [5.41, 5.74) is 3.06. The van der Waals surface area contributed by atoms with Gasteiger partial charge in [0, 0.05) is 16.0 Å². The Morgan fingerprint density at radius 2 is 1.93 bits per heavy atom. The SMILES string of the molecule is CC(C)Oc1ccc(/C=C(/C#N)c2nc(-c3ccc(Cl)cc3)cs2)cc1Cl. The van der Waals surface area contributed by atoms with Crippen LogP contribution in [0, 0.1) is 11.3 Å². The molecule has 0 saturated carbocycles. The first-order valence-electron chi connectivity index (χ1n) is 8.26. The molecule has 0 atom stereocenters. The van der Waals surface area contributed by atoms with E-state index in [1.807, 2.05) is 55.6 Å². The van der Waals surface area contributed by atoms with E-state index in [0.717, 1.165) is 16.8 Å². The molecule has 6 heteroatoms. The van der Waals surface area contributed by atoms with E-state index >= 15 is 0 Å². The van der Waals surface area contributed by atoms with Crippen LogP contribution in [0.2, 0.25) is 10.0 Å². The normalized spacial score (nSPS) is 11.5. The van der Waals surface area contributed by atoms with E-state index in [0.29, 0.717) is 26.4 Å². The lowest BCUT2D eigenvalue weighted by atomic mass is 10.1. The average Bonchev–Trinajstić information content (AvgIpc) is 3.12. The monoisotopic (exact) mass is 414 g/mol. The zero-order valence-electron chi connectivity index (χ0n) is 14.7. The number of benzene rings is 2. The number of nitrogens with zero attached hydrogens (tertiary/aromatic N) is 2. The first kappa shape index (κ1) is 19.4. The van der Waals surface area contributed by atoms with E-state index < -0.39 is 0 Å². The van der Waals surface area contributed by atoms with Gasteiger partial charge in [-0.05, 0) is 49.8 Å². The molecule has 3 aromatic rings. The summed E-state index contributed by atoms with van der Waals surface area (Å²) in [5, 5.41) is 13.3. The Bertz CT molecular complexity index is 1020. The van der Waals surface area contributed by atoms with Gasteiger partial charge in [-0.15, -0.1) is 11.3 Å². The summed E-state index contributed by atoms with van der Waals surface area (Å²) in [6.45, 7) is 3.89. The Kier molecular flexibility index (Phi) is 6.18. The molecule has 1 heterocycles. The minimum Gasteiger partial charge on any atom is -0.489 e. The average molecular weight is 415 g/mol. The number of ether oxygens (including phenoxy) is 1. The quantitative estimate of drug-likeness (QED) is 0.423. The van der Waals surface area contributed by atoms with E-state index in [1.165, 1.54) is 11.3 Å². The fourth-order valence-corrected chi connectivity index (χ4v) is 3.57. The molecule has 27 heavy (non-hydrogen) atoms. The molecule has 3 rings (SSSR count). The van der Waals surface area contributed by atoms with Crippen molar-refractivity contribution in [3.05, 3.63) is 68.5 Å². The molecule has 0 aliphatic carbocycles. The van der Waals surface area contributed by atoms with Gasteiger partial charge in [-0.25, -0.2) is 4.98 Å². The van der Waals surface area contributed by atoms with Gasteiger partial charge in [-0.1, -0.05) is 41.4 Å². The fourth-order valence-electron chi connectivity index (χ4n) is 2.42. The predicted octanol–water partition coefficient (Wildman–Crippen LogP) is 6.97. The van der Waals surface area contributed by atoms with Crippen molar-refractivity contribution >= 4 is 46.2 Å². The summed E-state index contributed by atoms with van der Waals surface area (Å²) in [6.07, 6.45) is 1.82. The number of nitriles is 1. The highest BCUT2D eigenvalue weighted by molar-refractivity contribution is 7.11. The topological polar surface area (TPSA) is 45.9 Å². The van der Waals surface area contributed by atoms with Gasteiger partial charge >= 0.3 is 0 Å². The maximum Gasteiger partial charge on any atom is 0.138 e. The van der Waals surface area contributed by atoms with E-state index in [9.17, 15) is 5.26 Å². The van der Waals surface area contributed by atoms with Crippen LogP contribution < -0.4 is 4.74 Å². The van der Waals surface area contributed by atoms with Gasteiger partial charge in [0.1, 0.15) is 16.8 Å². The van der Waals surface area contributed by atoms with Crippen LogP contribution in [-0.4, -0.2) is 11.1 Å². The summed E-state index contributed by atoms with van der Waals surface area (Å²) >= 11 is 13.6. The maximum absolute atomic E-state index is 9.57. The van der Waals surface area contributed by atoms with Gasteiger partial charge in [0.2, 0.25) is 0 Å². The van der Waals surface area contributed by atoms with Gasteiger partial charge in [-0.3, -0.25) is 0 Å². The molecule has 0 aliphatic rings. The third-order valence-corrected chi connectivity index (χ3v) is 5.05. The van der Waals surface area contributed by atoms with Crippen molar-refractivity contribution in [1.82, 2.24) is 4.98 Å². The molecule has 0 aliphatic heterocycles. The van der Waals surface area contributed by atoms with Crippen LogP contribution in [0.3, 0.4) is 0 Å². The molecule has 0 bridgehead atoms. The lowest BCUT2D eigenvalue weighted by Crippen LogP contribution is -2.05. The van der Waals surface area contributed by atoms with Crippen molar-refractivity contribution in [2.75, 3.05) is 0 Å². The first-order valence-corrected chi connectivity index (χ1v) is 9.89. The highest BCUT2D eigenvalue weighted by Crippen LogP contribution is 2.30. The van der Waals surface area contributed by atoms with Gasteiger partial charge < -0.3 is 4.74 Å². The number of allylic oxidation sites excluding steroid dienone is 1. The molecule has 0 fully saturated rings. The molecule has 0 unspecified atom stereocenters. The van der Waals surface area contributed by atoms with Crippen LogP contribution in [-0.2, 0) is 0 Å². The largest absolute Gasteiger partial charge is 0.489 e. The lowest BCUT2D eigenvalue weighted by Gasteiger charge is -2.11. The third-order valence-electron chi connectivity index (χ3n) is 3.62.